The van der Waals surface area contributed by atoms with Gasteiger partial charge in [-0.3, -0.25) is 0 Å². The van der Waals surface area contributed by atoms with E-state index in [-0.39, 0.29) is 16.9 Å². The number of nitrogens with zero attached hydrogens (tertiary/aromatic N) is 4. The Balaban J connectivity index is 1.83. The molecule has 0 aliphatic carbocycles. The molecule has 3 heterocycles. The van der Waals surface area contributed by atoms with Crippen molar-refractivity contribution in [3.63, 3.8) is 0 Å². The average molecular weight is 293 g/mol. The quantitative estimate of drug-likeness (QED) is 0.938. The highest BCUT2D eigenvalue weighted by atomic mass is 35.5. The maximum Gasteiger partial charge on any atom is 0.355 e. The van der Waals surface area contributed by atoms with Gasteiger partial charge in [0.15, 0.2) is 10.8 Å². The highest BCUT2D eigenvalue weighted by Crippen LogP contribution is 2.28. The van der Waals surface area contributed by atoms with Crippen LogP contribution in [0.5, 0.6) is 0 Å². The standard InChI is InChI=1S/C13H13ClN4O2/c14-12-11(13(19)20)18(8-16-12)9-4-6-17(7-9)10-3-1-2-5-15-10/h1-3,5,8-9H,4,6-7H2,(H,19,20)/t9-/m1/s1. The van der Waals surface area contributed by atoms with Gasteiger partial charge in [-0.1, -0.05) is 17.7 Å². The fourth-order valence-electron chi connectivity index (χ4n) is 2.53. The molecule has 1 fully saturated rings. The van der Waals surface area contributed by atoms with E-state index in [2.05, 4.69) is 14.9 Å². The Bertz CT molecular complexity index is 629. The summed E-state index contributed by atoms with van der Waals surface area (Å²) < 4.78 is 1.65. The Morgan fingerprint density at radius 3 is 2.95 bits per heavy atom. The first-order valence-corrected chi connectivity index (χ1v) is 6.66. The Morgan fingerprint density at radius 1 is 1.40 bits per heavy atom. The molecule has 6 nitrogen and oxygen atoms in total. The largest absolute Gasteiger partial charge is 0.476 e. The number of hydrogen-bond acceptors (Lipinski definition) is 4. The van der Waals surface area contributed by atoms with Crippen LogP contribution >= 0.6 is 11.6 Å². The highest BCUT2D eigenvalue weighted by Gasteiger charge is 2.29. The van der Waals surface area contributed by atoms with Crippen molar-refractivity contribution in [2.75, 3.05) is 18.0 Å². The monoisotopic (exact) mass is 292 g/mol. The van der Waals surface area contributed by atoms with E-state index in [0.29, 0.717) is 6.54 Å². The molecule has 0 spiro atoms. The zero-order valence-electron chi connectivity index (χ0n) is 10.6. The molecule has 0 aromatic carbocycles. The van der Waals surface area contributed by atoms with E-state index in [4.69, 9.17) is 11.6 Å². The lowest BCUT2D eigenvalue weighted by molar-refractivity contribution is 0.0683. The van der Waals surface area contributed by atoms with Crippen molar-refractivity contribution in [1.82, 2.24) is 14.5 Å². The number of carbonyl (C=O) groups is 1. The summed E-state index contributed by atoms with van der Waals surface area (Å²) in [7, 11) is 0. The molecule has 1 saturated heterocycles. The van der Waals surface area contributed by atoms with Crippen LogP contribution in [0, 0.1) is 0 Å². The van der Waals surface area contributed by atoms with Crippen LogP contribution in [0.3, 0.4) is 0 Å². The van der Waals surface area contributed by atoms with Crippen LogP contribution in [0.2, 0.25) is 5.15 Å². The first-order valence-electron chi connectivity index (χ1n) is 6.28. The molecule has 104 valence electrons. The number of anilines is 1. The molecule has 0 unspecified atom stereocenters. The van der Waals surface area contributed by atoms with Gasteiger partial charge in [0.05, 0.1) is 12.4 Å². The number of imidazole rings is 1. The zero-order chi connectivity index (χ0) is 14.1. The minimum atomic E-state index is -1.05. The van der Waals surface area contributed by atoms with Crippen LogP contribution < -0.4 is 4.90 Å². The summed E-state index contributed by atoms with van der Waals surface area (Å²) in [4.78, 5) is 21.6. The lowest BCUT2D eigenvalue weighted by Gasteiger charge is -2.18. The summed E-state index contributed by atoms with van der Waals surface area (Å²) in [5, 5.41) is 9.24. The molecule has 20 heavy (non-hydrogen) atoms. The first-order chi connectivity index (χ1) is 9.66. The van der Waals surface area contributed by atoms with E-state index in [1.54, 1.807) is 10.8 Å². The highest BCUT2D eigenvalue weighted by molar-refractivity contribution is 6.32. The van der Waals surface area contributed by atoms with Crippen molar-refractivity contribution in [3.05, 3.63) is 41.6 Å². The molecular formula is C13H13ClN4O2. The second kappa shape index (κ2) is 5.13. The van der Waals surface area contributed by atoms with Gasteiger partial charge in [0.25, 0.3) is 0 Å². The number of hydrogen-bond donors (Lipinski definition) is 1. The van der Waals surface area contributed by atoms with Gasteiger partial charge < -0.3 is 14.6 Å². The van der Waals surface area contributed by atoms with Crippen molar-refractivity contribution >= 4 is 23.4 Å². The molecule has 3 rings (SSSR count). The van der Waals surface area contributed by atoms with Crippen LogP contribution in [0.1, 0.15) is 23.0 Å². The Hall–Kier alpha value is -2.08. The molecule has 1 N–H and O–H groups in total. The topological polar surface area (TPSA) is 71.2 Å². The molecule has 2 aromatic heterocycles. The summed E-state index contributed by atoms with van der Waals surface area (Å²) in [6.45, 7) is 1.53. The normalized spacial score (nSPS) is 18.4. The van der Waals surface area contributed by atoms with Crippen LogP contribution in [0.4, 0.5) is 5.82 Å². The van der Waals surface area contributed by atoms with Gasteiger partial charge in [0.2, 0.25) is 0 Å². The third-order valence-electron chi connectivity index (χ3n) is 3.48. The van der Waals surface area contributed by atoms with E-state index in [9.17, 15) is 9.90 Å². The summed E-state index contributed by atoms with van der Waals surface area (Å²) in [6.07, 6.45) is 4.08. The minimum Gasteiger partial charge on any atom is -0.476 e. The Kier molecular flexibility index (Phi) is 3.31. The van der Waals surface area contributed by atoms with E-state index in [1.807, 2.05) is 18.2 Å². The molecule has 0 amide bonds. The molecular weight excluding hydrogens is 280 g/mol. The third kappa shape index (κ3) is 2.22. The number of carboxylic acid groups (broad SMARTS) is 1. The fraction of sp³-hybridized carbons (Fsp3) is 0.308. The molecule has 1 aliphatic heterocycles. The fourth-order valence-corrected chi connectivity index (χ4v) is 2.75. The van der Waals surface area contributed by atoms with Crippen LogP contribution in [0.15, 0.2) is 30.7 Å². The number of aromatic nitrogens is 3. The average Bonchev–Trinajstić information content (AvgIpc) is 3.05. The predicted molar refractivity (Wildman–Crippen MR) is 74.3 cm³/mol. The lowest BCUT2D eigenvalue weighted by atomic mass is 10.2. The Labute approximate surface area is 120 Å². The summed E-state index contributed by atoms with van der Waals surface area (Å²) >= 11 is 5.83. The lowest BCUT2D eigenvalue weighted by Crippen LogP contribution is -2.22. The maximum absolute atomic E-state index is 11.2. The van der Waals surface area contributed by atoms with Crippen LogP contribution in [0.25, 0.3) is 0 Å². The maximum atomic E-state index is 11.2. The van der Waals surface area contributed by atoms with Crippen LogP contribution in [-0.2, 0) is 0 Å². The molecule has 1 atom stereocenters. The van der Waals surface area contributed by atoms with Crippen molar-refractivity contribution in [1.29, 1.82) is 0 Å². The van der Waals surface area contributed by atoms with Gasteiger partial charge in [-0.2, -0.15) is 0 Å². The first kappa shape index (κ1) is 12.9. The molecule has 2 aromatic rings. The zero-order valence-corrected chi connectivity index (χ0v) is 11.4. The van der Waals surface area contributed by atoms with Crippen molar-refractivity contribution in [2.24, 2.45) is 0 Å². The molecule has 1 aliphatic rings. The number of aromatic carboxylic acids is 1. The third-order valence-corrected chi connectivity index (χ3v) is 3.76. The number of halogens is 1. The number of rotatable bonds is 3. The minimum absolute atomic E-state index is 0.0359. The smallest absolute Gasteiger partial charge is 0.355 e. The van der Waals surface area contributed by atoms with Gasteiger partial charge in [0.1, 0.15) is 5.82 Å². The van der Waals surface area contributed by atoms with Gasteiger partial charge in [-0.25, -0.2) is 14.8 Å². The van der Waals surface area contributed by atoms with Gasteiger partial charge in [0, 0.05) is 19.3 Å². The van der Waals surface area contributed by atoms with E-state index >= 15 is 0 Å². The summed E-state index contributed by atoms with van der Waals surface area (Å²) in [5.74, 6) is -0.151. The van der Waals surface area contributed by atoms with Gasteiger partial charge in [-0.05, 0) is 18.6 Å². The second-order valence-electron chi connectivity index (χ2n) is 4.67. The second-order valence-corrected chi connectivity index (χ2v) is 5.03. The molecule has 0 bridgehead atoms. The predicted octanol–water partition coefficient (Wildman–Crippen LogP) is 2.08. The number of pyridine rings is 1. The molecule has 7 heteroatoms. The number of carboxylic acids is 1. The van der Waals surface area contributed by atoms with E-state index in [0.717, 1.165) is 18.8 Å². The Morgan fingerprint density at radius 2 is 2.25 bits per heavy atom. The van der Waals surface area contributed by atoms with Crippen molar-refractivity contribution in [2.45, 2.75) is 12.5 Å². The molecule has 0 saturated carbocycles. The van der Waals surface area contributed by atoms with Crippen molar-refractivity contribution < 1.29 is 9.90 Å². The summed E-state index contributed by atoms with van der Waals surface area (Å²) in [5.41, 5.74) is 0.0551. The molecule has 0 radical (unpaired) electrons. The summed E-state index contributed by atoms with van der Waals surface area (Å²) in [6, 6.07) is 5.80. The SMILES string of the molecule is O=C(O)c1c(Cl)ncn1[C@@H]1CCN(c2ccccn2)C1. The van der Waals surface area contributed by atoms with Crippen LogP contribution in [-0.4, -0.2) is 38.7 Å². The van der Waals surface area contributed by atoms with E-state index < -0.39 is 5.97 Å². The van der Waals surface area contributed by atoms with Crippen molar-refractivity contribution in [3.8, 4) is 0 Å². The van der Waals surface area contributed by atoms with E-state index in [1.165, 1.54) is 6.33 Å². The van der Waals surface area contributed by atoms with Gasteiger partial charge in [-0.15, -0.1) is 0 Å². The van der Waals surface area contributed by atoms with Gasteiger partial charge >= 0.3 is 5.97 Å².